The van der Waals surface area contributed by atoms with Crippen LogP contribution in [-0.4, -0.2) is 27.1 Å². The molecule has 0 aliphatic carbocycles. The van der Waals surface area contributed by atoms with Crippen LogP contribution >= 0.6 is 34.9 Å². The Kier molecular flexibility index (Phi) is 7.94. The van der Waals surface area contributed by atoms with E-state index in [0.717, 1.165) is 27.8 Å². The zero-order valence-electron chi connectivity index (χ0n) is 15.9. The average molecular weight is 430 g/mol. The molecule has 1 heterocycles. The van der Waals surface area contributed by atoms with Crippen LogP contribution in [0.4, 0.5) is 5.13 Å². The number of hydrogen-bond donors (Lipinski definition) is 1. The van der Waals surface area contributed by atoms with Gasteiger partial charge >= 0.3 is 0 Å². The van der Waals surface area contributed by atoms with Crippen molar-refractivity contribution >= 4 is 45.9 Å². The Hall–Kier alpha value is -1.83. The highest BCUT2D eigenvalue weighted by Crippen LogP contribution is 2.29. The Morgan fingerprint density at radius 3 is 2.61 bits per heavy atom. The number of carbonyl (C=O) groups excluding carboxylic acids is 1. The summed E-state index contributed by atoms with van der Waals surface area (Å²) < 4.78 is 0.883. The molecule has 0 aliphatic rings. The molecule has 0 unspecified atom stereocenters. The first kappa shape index (κ1) is 20.9. The molecule has 0 bridgehead atoms. The lowest BCUT2D eigenvalue weighted by Gasteiger charge is -2.10. The topological polar surface area (TPSA) is 54.9 Å². The minimum absolute atomic E-state index is 0.138. The van der Waals surface area contributed by atoms with Crippen LogP contribution in [0.15, 0.2) is 63.8 Å². The van der Waals surface area contributed by atoms with Gasteiger partial charge in [0.2, 0.25) is 5.13 Å². The van der Waals surface area contributed by atoms with E-state index in [1.165, 1.54) is 16.9 Å². The third-order valence-electron chi connectivity index (χ3n) is 3.80. The molecule has 0 saturated carbocycles. The van der Waals surface area contributed by atoms with Crippen LogP contribution in [0.3, 0.4) is 0 Å². The first-order valence-corrected chi connectivity index (χ1v) is 11.9. The molecule has 2 aromatic carbocycles. The van der Waals surface area contributed by atoms with Crippen LogP contribution < -0.4 is 5.32 Å². The summed E-state index contributed by atoms with van der Waals surface area (Å²) in [5.74, 6) is 0.839. The maximum Gasteiger partial charge on any atom is 0.258 e. The van der Waals surface area contributed by atoms with Crippen molar-refractivity contribution in [3.05, 3.63) is 65.7 Å². The second-order valence-electron chi connectivity index (χ2n) is 6.43. The Labute approximate surface area is 178 Å². The highest BCUT2D eigenvalue weighted by Gasteiger charge is 2.15. The molecule has 0 spiro atoms. The van der Waals surface area contributed by atoms with Gasteiger partial charge in [-0.15, -0.1) is 22.0 Å². The molecule has 0 atom stereocenters. The molecule has 3 aromatic rings. The number of anilines is 1. The minimum Gasteiger partial charge on any atom is -0.296 e. The first-order chi connectivity index (χ1) is 13.6. The zero-order chi connectivity index (χ0) is 19.8. The van der Waals surface area contributed by atoms with Crippen molar-refractivity contribution in [3.8, 4) is 0 Å². The summed E-state index contributed by atoms with van der Waals surface area (Å²) in [7, 11) is 0. The SMILES string of the molecule is CC(C)Sc1ccccc1C(=O)Nc1nnc(SCCCc2ccccc2)s1. The van der Waals surface area contributed by atoms with Crippen LogP contribution in [0.5, 0.6) is 0 Å². The maximum absolute atomic E-state index is 12.7. The summed E-state index contributed by atoms with van der Waals surface area (Å²) in [5, 5.41) is 12.1. The van der Waals surface area contributed by atoms with Gasteiger partial charge in [0.05, 0.1) is 5.56 Å². The number of amides is 1. The highest BCUT2D eigenvalue weighted by atomic mass is 32.2. The largest absolute Gasteiger partial charge is 0.296 e. The third kappa shape index (κ3) is 6.36. The third-order valence-corrected chi connectivity index (χ3v) is 6.94. The van der Waals surface area contributed by atoms with Gasteiger partial charge < -0.3 is 0 Å². The monoisotopic (exact) mass is 429 g/mol. The number of aromatic nitrogens is 2. The number of thioether (sulfide) groups is 2. The van der Waals surface area contributed by atoms with Crippen LogP contribution in [0.2, 0.25) is 0 Å². The van der Waals surface area contributed by atoms with Crippen LogP contribution in [0.25, 0.3) is 0 Å². The lowest BCUT2D eigenvalue weighted by atomic mass is 10.1. The predicted octanol–water partition coefficient (Wildman–Crippen LogP) is 6.02. The van der Waals surface area contributed by atoms with Crippen molar-refractivity contribution in [2.45, 2.75) is 41.2 Å². The van der Waals surface area contributed by atoms with E-state index in [0.29, 0.717) is 15.9 Å². The molecule has 7 heteroatoms. The molecule has 146 valence electrons. The van der Waals surface area contributed by atoms with Gasteiger partial charge in [-0.3, -0.25) is 10.1 Å². The Bertz CT molecular complexity index is 897. The van der Waals surface area contributed by atoms with E-state index in [1.54, 1.807) is 23.5 Å². The van der Waals surface area contributed by atoms with Crippen molar-refractivity contribution < 1.29 is 4.79 Å². The molecular formula is C21H23N3OS3. The summed E-state index contributed by atoms with van der Waals surface area (Å²) in [6.07, 6.45) is 2.14. The van der Waals surface area contributed by atoms with E-state index < -0.39 is 0 Å². The lowest BCUT2D eigenvalue weighted by Crippen LogP contribution is -2.13. The molecule has 0 saturated heterocycles. The first-order valence-electron chi connectivity index (χ1n) is 9.19. The van der Waals surface area contributed by atoms with Gasteiger partial charge in [0.15, 0.2) is 4.34 Å². The average Bonchev–Trinajstić information content (AvgIpc) is 3.13. The van der Waals surface area contributed by atoms with Gasteiger partial charge in [-0.25, -0.2) is 0 Å². The smallest absolute Gasteiger partial charge is 0.258 e. The van der Waals surface area contributed by atoms with Crippen LogP contribution in [0, 0.1) is 0 Å². The summed E-state index contributed by atoms with van der Waals surface area (Å²) >= 11 is 4.79. The standard InChI is InChI=1S/C21H23N3OS3/c1-15(2)27-18-13-7-6-12-17(18)19(25)22-20-23-24-21(28-20)26-14-8-11-16-9-4-3-5-10-16/h3-7,9-10,12-13,15H,8,11,14H2,1-2H3,(H,22,23,25). The van der Waals surface area contributed by atoms with Gasteiger partial charge in [-0.2, -0.15) is 0 Å². The second-order valence-corrected chi connectivity index (χ2v) is 10.4. The van der Waals surface area contributed by atoms with E-state index >= 15 is 0 Å². The van der Waals surface area contributed by atoms with Gasteiger partial charge in [0.25, 0.3) is 5.91 Å². The van der Waals surface area contributed by atoms with Gasteiger partial charge in [-0.05, 0) is 30.5 Å². The van der Waals surface area contributed by atoms with Gasteiger partial charge in [0.1, 0.15) is 0 Å². The molecule has 1 aromatic heterocycles. The molecule has 28 heavy (non-hydrogen) atoms. The molecule has 0 aliphatic heterocycles. The fourth-order valence-corrected chi connectivity index (χ4v) is 5.28. The number of nitrogens with one attached hydrogen (secondary N) is 1. The lowest BCUT2D eigenvalue weighted by molar-refractivity contribution is 0.102. The number of nitrogens with zero attached hydrogens (tertiary/aromatic N) is 2. The molecule has 1 amide bonds. The predicted molar refractivity (Wildman–Crippen MR) is 121 cm³/mol. The molecule has 0 radical (unpaired) electrons. The zero-order valence-corrected chi connectivity index (χ0v) is 18.4. The molecule has 1 N–H and O–H groups in total. The van der Waals surface area contributed by atoms with E-state index in [1.807, 2.05) is 30.3 Å². The van der Waals surface area contributed by atoms with Crippen molar-refractivity contribution in [1.82, 2.24) is 10.2 Å². The highest BCUT2D eigenvalue weighted by molar-refractivity contribution is 8.01. The summed E-state index contributed by atoms with van der Waals surface area (Å²) in [5.41, 5.74) is 2.03. The van der Waals surface area contributed by atoms with Crippen LogP contribution in [0.1, 0.15) is 36.2 Å². The van der Waals surface area contributed by atoms with E-state index in [-0.39, 0.29) is 5.91 Å². The summed E-state index contributed by atoms with van der Waals surface area (Å²) in [6.45, 7) is 4.23. The van der Waals surface area contributed by atoms with E-state index in [4.69, 9.17) is 0 Å². The minimum atomic E-state index is -0.138. The maximum atomic E-state index is 12.7. The molecular weight excluding hydrogens is 406 g/mol. The Morgan fingerprint density at radius 1 is 1.07 bits per heavy atom. The molecule has 4 nitrogen and oxygen atoms in total. The Balaban J connectivity index is 1.51. The fourth-order valence-electron chi connectivity index (χ4n) is 2.57. The van der Waals surface area contributed by atoms with Crippen molar-refractivity contribution in [1.29, 1.82) is 0 Å². The van der Waals surface area contributed by atoms with Crippen molar-refractivity contribution in [3.63, 3.8) is 0 Å². The summed E-state index contributed by atoms with van der Waals surface area (Å²) in [6, 6.07) is 18.1. The van der Waals surface area contributed by atoms with E-state index in [9.17, 15) is 4.79 Å². The van der Waals surface area contributed by atoms with Gasteiger partial charge in [0, 0.05) is 15.9 Å². The van der Waals surface area contributed by atoms with Crippen molar-refractivity contribution in [2.75, 3.05) is 11.1 Å². The number of hydrogen-bond acceptors (Lipinski definition) is 6. The normalized spacial score (nSPS) is 11.0. The van der Waals surface area contributed by atoms with Crippen molar-refractivity contribution in [2.24, 2.45) is 0 Å². The number of aryl methyl sites for hydroxylation is 1. The molecule has 3 rings (SSSR count). The number of carbonyl (C=O) groups is 1. The number of rotatable bonds is 9. The molecule has 0 fully saturated rings. The van der Waals surface area contributed by atoms with E-state index in [2.05, 4.69) is 53.6 Å². The quantitative estimate of drug-likeness (QED) is 0.256. The van der Waals surface area contributed by atoms with Gasteiger partial charge in [-0.1, -0.05) is 79.4 Å². The summed E-state index contributed by atoms with van der Waals surface area (Å²) in [4.78, 5) is 13.6. The fraction of sp³-hybridized carbons (Fsp3) is 0.286. The second kappa shape index (κ2) is 10.6. The van der Waals surface area contributed by atoms with Crippen LogP contribution in [-0.2, 0) is 6.42 Å². The Morgan fingerprint density at radius 2 is 1.82 bits per heavy atom. The number of benzene rings is 2.